The Morgan fingerprint density at radius 1 is 1.33 bits per heavy atom. The first-order valence-corrected chi connectivity index (χ1v) is 7.10. The maximum absolute atomic E-state index is 5.43. The minimum Gasteiger partial charge on any atom is -0.379 e. The first-order chi connectivity index (χ1) is 7.02. The predicted molar refractivity (Wildman–Crippen MR) is 68.6 cm³/mol. The van der Waals surface area contributed by atoms with E-state index in [1.54, 1.807) is 0 Å². The van der Waals surface area contributed by atoms with E-state index in [1.807, 2.05) is 11.8 Å². The van der Waals surface area contributed by atoms with Gasteiger partial charge in [-0.05, 0) is 31.9 Å². The van der Waals surface area contributed by atoms with Crippen molar-refractivity contribution in [3.05, 3.63) is 0 Å². The first kappa shape index (κ1) is 13.3. The molecule has 0 aliphatic carbocycles. The molecule has 2 unspecified atom stereocenters. The predicted octanol–water partition coefficient (Wildman–Crippen LogP) is 2.53. The van der Waals surface area contributed by atoms with Crippen molar-refractivity contribution in [1.29, 1.82) is 0 Å². The summed E-state index contributed by atoms with van der Waals surface area (Å²) in [5, 5.41) is 3.68. The van der Waals surface area contributed by atoms with Gasteiger partial charge < -0.3 is 10.1 Å². The van der Waals surface area contributed by atoms with E-state index in [0.717, 1.165) is 25.6 Å². The molecule has 0 aromatic carbocycles. The molecule has 90 valence electrons. The van der Waals surface area contributed by atoms with Gasteiger partial charge >= 0.3 is 0 Å². The summed E-state index contributed by atoms with van der Waals surface area (Å²) in [4.78, 5) is 0. The lowest BCUT2D eigenvalue weighted by molar-refractivity contribution is 0.169. The van der Waals surface area contributed by atoms with E-state index in [9.17, 15) is 0 Å². The molecule has 0 aromatic heterocycles. The highest BCUT2D eigenvalue weighted by atomic mass is 32.2. The van der Waals surface area contributed by atoms with Crippen LogP contribution in [0.4, 0.5) is 0 Å². The number of hydrogen-bond donors (Lipinski definition) is 1. The van der Waals surface area contributed by atoms with Crippen molar-refractivity contribution >= 4 is 11.8 Å². The number of rotatable bonds is 6. The van der Waals surface area contributed by atoms with E-state index < -0.39 is 0 Å². The maximum Gasteiger partial charge on any atom is 0.0646 e. The van der Waals surface area contributed by atoms with Crippen molar-refractivity contribution in [2.45, 2.75) is 45.7 Å². The topological polar surface area (TPSA) is 21.3 Å². The molecule has 0 saturated carbocycles. The van der Waals surface area contributed by atoms with Gasteiger partial charge in [0.1, 0.15) is 0 Å². The van der Waals surface area contributed by atoms with Crippen LogP contribution in [0.2, 0.25) is 0 Å². The van der Waals surface area contributed by atoms with Gasteiger partial charge in [-0.15, -0.1) is 0 Å². The summed E-state index contributed by atoms with van der Waals surface area (Å²) in [5.41, 5.74) is 0.220. The lowest BCUT2D eigenvalue weighted by Gasteiger charge is -2.28. The fourth-order valence-corrected chi connectivity index (χ4v) is 2.94. The Balaban J connectivity index is 2.14. The molecule has 0 bridgehead atoms. The van der Waals surface area contributed by atoms with Crippen LogP contribution in [0.1, 0.15) is 34.1 Å². The van der Waals surface area contributed by atoms with Gasteiger partial charge in [0.25, 0.3) is 0 Å². The smallest absolute Gasteiger partial charge is 0.0646 e. The number of ether oxygens (including phenoxy) is 1. The summed E-state index contributed by atoms with van der Waals surface area (Å²) in [7, 11) is 0. The highest BCUT2D eigenvalue weighted by Crippen LogP contribution is 2.19. The average molecular weight is 231 g/mol. The highest BCUT2D eigenvalue weighted by Gasteiger charge is 2.30. The second-order valence-corrected chi connectivity index (χ2v) is 6.41. The fourth-order valence-electron chi connectivity index (χ4n) is 1.90. The van der Waals surface area contributed by atoms with Crippen LogP contribution in [-0.4, -0.2) is 36.3 Å². The van der Waals surface area contributed by atoms with E-state index >= 15 is 0 Å². The summed E-state index contributed by atoms with van der Waals surface area (Å²) in [6.07, 6.45) is 1.15. The Morgan fingerprint density at radius 3 is 2.60 bits per heavy atom. The lowest BCUT2D eigenvalue weighted by Crippen LogP contribution is -2.48. The summed E-state index contributed by atoms with van der Waals surface area (Å²) in [5.74, 6) is 3.26. The van der Waals surface area contributed by atoms with Gasteiger partial charge in [0.2, 0.25) is 0 Å². The second-order valence-electron chi connectivity index (χ2n) is 5.34. The van der Waals surface area contributed by atoms with Gasteiger partial charge in [0, 0.05) is 23.9 Å². The van der Waals surface area contributed by atoms with Gasteiger partial charge in [-0.3, -0.25) is 0 Å². The molecule has 1 aliphatic heterocycles. The highest BCUT2D eigenvalue weighted by molar-refractivity contribution is 7.99. The fraction of sp³-hybridized carbons (Fsp3) is 1.00. The Morgan fingerprint density at radius 2 is 2.07 bits per heavy atom. The molecule has 3 heteroatoms. The molecule has 0 amide bonds. The molecule has 1 heterocycles. The largest absolute Gasteiger partial charge is 0.379 e. The Kier molecular flexibility index (Phi) is 5.44. The molecule has 2 nitrogen and oxygen atoms in total. The summed E-state index contributed by atoms with van der Waals surface area (Å²) in [6.45, 7) is 10.9. The maximum atomic E-state index is 5.43. The molecule has 1 saturated heterocycles. The monoisotopic (exact) mass is 231 g/mol. The zero-order valence-electron chi connectivity index (χ0n) is 10.5. The van der Waals surface area contributed by atoms with Crippen LogP contribution in [0.15, 0.2) is 0 Å². The van der Waals surface area contributed by atoms with Crippen LogP contribution in [0.3, 0.4) is 0 Å². The van der Waals surface area contributed by atoms with Crippen LogP contribution in [0.5, 0.6) is 0 Å². The molecule has 0 radical (unpaired) electrons. The Hall–Kier alpha value is 0.270. The summed E-state index contributed by atoms with van der Waals surface area (Å²) >= 11 is 2.05. The molecule has 1 fully saturated rings. The Bertz CT molecular complexity index is 178. The van der Waals surface area contributed by atoms with E-state index in [2.05, 4.69) is 33.0 Å². The molecule has 1 aliphatic rings. The van der Waals surface area contributed by atoms with Crippen LogP contribution >= 0.6 is 11.8 Å². The van der Waals surface area contributed by atoms with E-state index in [0.29, 0.717) is 6.04 Å². The van der Waals surface area contributed by atoms with Crippen LogP contribution in [0.25, 0.3) is 0 Å². The molecular formula is C12H25NOS. The molecule has 2 atom stereocenters. The zero-order valence-corrected chi connectivity index (χ0v) is 11.3. The lowest BCUT2D eigenvalue weighted by atomic mass is 10.0. The van der Waals surface area contributed by atoms with Crippen molar-refractivity contribution in [3.63, 3.8) is 0 Å². The van der Waals surface area contributed by atoms with Gasteiger partial charge in [0.15, 0.2) is 0 Å². The van der Waals surface area contributed by atoms with Crippen molar-refractivity contribution < 1.29 is 4.74 Å². The van der Waals surface area contributed by atoms with Crippen molar-refractivity contribution in [2.75, 3.05) is 24.7 Å². The minimum atomic E-state index is 0.220. The number of thioether (sulfide) groups is 1. The van der Waals surface area contributed by atoms with Crippen LogP contribution in [0, 0.1) is 5.92 Å². The van der Waals surface area contributed by atoms with Crippen LogP contribution < -0.4 is 5.32 Å². The zero-order chi connectivity index (χ0) is 11.3. The quantitative estimate of drug-likeness (QED) is 0.759. The van der Waals surface area contributed by atoms with Crippen molar-refractivity contribution in [3.8, 4) is 0 Å². The molecule has 1 rings (SSSR count). The third kappa shape index (κ3) is 5.23. The molecule has 0 aromatic rings. The third-order valence-corrected chi connectivity index (χ3v) is 4.27. The van der Waals surface area contributed by atoms with Gasteiger partial charge in [-0.25, -0.2) is 0 Å². The molecule has 0 spiro atoms. The summed E-state index contributed by atoms with van der Waals surface area (Å²) < 4.78 is 5.43. The standard InChI is InChI=1S/C12H25NOS/c1-10(2)7-15-8-11(3)13-12(4)5-6-14-9-12/h10-11,13H,5-9H2,1-4H3. The van der Waals surface area contributed by atoms with Crippen LogP contribution in [-0.2, 0) is 4.74 Å². The minimum absolute atomic E-state index is 0.220. The molecule has 15 heavy (non-hydrogen) atoms. The SMILES string of the molecule is CC(C)CSCC(C)NC1(C)CCOC1. The number of nitrogens with one attached hydrogen (secondary N) is 1. The van der Waals surface area contributed by atoms with E-state index in [1.165, 1.54) is 11.5 Å². The molecule has 1 N–H and O–H groups in total. The van der Waals surface area contributed by atoms with Gasteiger partial charge in [0.05, 0.1) is 6.61 Å². The van der Waals surface area contributed by atoms with E-state index in [4.69, 9.17) is 4.74 Å². The van der Waals surface area contributed by atoms with Crippen molar-refractivity contribution in [1.82, 2.24) is 5.32 Å². The van der Waals surface area contributed by atoms with E-state index in [-0.39, 0.29) is 5.54 Å². The Labute approximate surface area is 98.5 Å². The van der Waals surface area contributed by atoms with Gasteiger partial charge in [-0.1, -0.05) is 13.8 Å². The second kappa shape index (κ2) is 6.12. The first-order valence-electron chi connectivity index (χ1n) is 5.95. The molecular weight excluding hydrogens is 206 g/mol. The number of hydrogen-bond acceptors (Lipinski definition) is 3. The average Bonchev–Trinajstić information content (AvgIpc) is 2.50. The van der Waals surface area contributed by atoms with Gasteiger partial charge in [-0.2, -0.15) is 11.8 Å². The third-order valence-electron chi connectivity index (χ3n) is 2.63. The normalized spacial score (nSPS) is 28.6. The van der Waals surface area contributed by atoms with Crippen molar-refractivity contribution in [2.24, 2.45) is 5.92 Å². The summed E-state index contributed by atoms with van der Waals surface area (Å²) in [6, 6.07) is 0.584.